The quantitative estimate of drug-likeness (QED) is 0.942. The molecule has 15 heavy (non-hydrogen) atoms. The zero-order chi connectivity index (χ0) is 10.8. The predicted molar refractivity (Wildman–Crippen MR) is 63.1 cm³/mol. The molecular weight excluding hydrogens is 278 g/mol. The van der Waals surface area contributed by atoms with Gasteiger partial charge in [0.25, 0.3) is 0 Å². The summed E-state index contributed by atoms with van der Waals surface area (Å²) in [5.41, 5.74) is 1.25. The summed E-state index contributed by atoms with van der Waals surface area (Å²) in [6, 6.07) is 2.60. The average molecular weight is 288 g/mol. The maximum atomic E-state index is 4.94. The van der Waals surface area contributed by atoms with Crippen molar-refractivity contribution in [3.63, 3.8) is 0 Å². The monoisotopic (exact) mass is 287 g/mol. The topological polar surface area (TPSA) is 51.0 Å². The maximum absolute atomic E-state index is 4.94. The molecule has 2 rings (SSSR count). The van der Waals surface area contributed by atoms with Crippen molar-refractivity contribution in [2.24, 2.45) is 0 Å². The van der Waals surface area contributed by atoms with E-state index in [9.17, 15) is 0 Å². The number of aryl methyl sites for hydroxylation is 2. The van der Waals surface area contributed by atoms with E-state index in [2.05, 4.69) is 44.4 Å². The summed E-state index contributed by atoms with van der Waals surface area (Å²) in [5.74, 6) is 0.640. The lowest BCUT2D eigenvalue weighted by atomic mass is 10.3. The van der Waals surface area contributed by atoms with Gasteiger partial charge in [-0.25, -0.2) is 0 Å². The van der Waals surface area contributed by atoms with Gasteiger partial charge in [0.05, 0.1) is 10.3 Å². The van der Waals surface area contributed by atoms with Gasteiger partial charge in [-0.2, -0.15) is 4.98 Å². The van der Waals surface area contributed by atoms with E-state index in [0.717, 1.165) is 0 Å². The molecule has 80 valence electrons. The minimum Gasteiger partial charge on any atom is -0.333 e. The standard InChI is InChI=1S/C9H10BrN3OS/c1-5-3-7(15-8(5)10)4-11-9-12-6(2)13-14-9/h3H,4H2,1-2H3,(H,11,12,13). The second-order valence-electron chi connectivity index (χ2n) is 3.17. The van der Waals surface area contributed by atoms with Crippen LogP contribution in [0, 0.1) is 13.8 Å². The third-order valence-electron chi connectivity index (χ3n) is 1.85. The molecular formula is C9H10BrN3OS. The molecule has 0 aliphatic rings. The second-order valence-corrected chi connectivity index (χ2v) is 5.62. The van der Waals surface area contributed by atoms with Gasteiger partial charge in [-0.1, -0.05) is 5.16 Å². The maximum Gasteiger partial charge on any atom is 0.321 e. The molecule has 6 heteroatoms. The van der Waals surface area contributed by atoms with Crippen LogP contribution >= 0.6 is 27.3 Å². The number of anilines is 1. The Morgan fingerprint density at radius 1 is 1.53 bits per heavy atom. The first-order valence-corrected chi connectivity index (χ1v) is 6.05. The zero-order valence-corrected chi connectivity index (χ0v) is 10.8. The summed E-state index contributed by atoms with van der Waals surface area (Å²) in [6.45, 7) is 4.57. The van der Waals surface area contributed by atoms with Crippen LogP contribution in [-0.2, 0) is 6.54 Å². The van der Waals surface area contributed by atoms with Gasteiger partial charge in [0.15, 0.2) is 5.82 Å². The molecule has 0 aliphatic heterocycles. The van der Waals surface area contributed by atoms with E-state index in [1.54, 1.807) is 18.3 Å². The molecule has 2 heterocycles. The number of thiophene rings is 1. The number of halogens is 1. The number of hydrogen-bond donors (Lipinski definition) is 1. The molecule has 2 aromatic heterocycles. The summed E-state index contributed by atoms with van der Waals surface area (Å²) in [4.78, 5) is 5.29. The third-order valence-corrected chi connectivity index (χ3v) is 3.99. The second kappa shape index (κ2) is 4.32. The minimum atomic E-state index is 0.467. The van der Waals surface area contributed by atoms with Gasteiger partial charge in [0.2, 0.25) is 0 Å². The molecule has 1 N–H and O–H groups in total. The predicted octanol–water partition coefficient (Wildman–Crippen LogP) is 3.12. The summed E-state index contributed by atoms with van der Waals surface area (Å²) in [7, 11) is 0. The molecule has 0 unspecified atom stereocenters. The highest BCUT2D eigenvalue weighted by molar-refractivity contribution is 9.11. The minimum absolute atomic E-state index is 0.467. The lowest BCUT2D eigenvalue weighted by Crippen LogP contribution is -1.97. The van der Waals surface area contributed by atoms with E-state index in [-0.39, 0.29) is 0 Å². The lowest BCUT2D eigenvalue weighted by Gasteiger charge is -1.96. The fourth-order valence-electron chi connectivity index (χ4n) is 1.14. The van der Waals surface area contributed by atoms with Crippen LogP contribution in [0.25, 0.3) is 0 Å². The zero-order valence-electron chi connectivity index (χ0n) is 8.37. The van der Waals surface area contributed by atoms with Gasteiger partial charge < -0.3 is 9.84 Å². The highest BCUT2D eigenvalue weighted by Crippen LogP contribution is 2.27. The van der Waals surface area contributed by atoms with Crippen molar-refractivity contribution in [3.05, 3.63) is 26.1 Å². The van der Waals surface area contributed by atoms with Crippen molar-refractivity contribution in [2.75, 3.05) is 5.32 Å². The molecule has 4 nitrogen and oxygen atoms in total. The van der Waals surface area contributed by atoms with E-state index in [1.165, 1.54) is 14.2 Å². The molecule has 0 amide bonds. The fourth-order valence-corrected chi connectivity index (χ4v) is 2.71. The molecule has 0 atom stereocenters. The van der Waals surface area contributed by atoms with Gasteiger partial charge in [-0.15, -0.1) is 11.3 Å². The SMILES string of the molecule is Cc1noc(NCc2cc(C)c(Br)s2)n1. The molecule has 0 aliphatic carbocycles. The smallest absolute Gasteiger partial charge is 0.321 e. The summed E-state index contributed by atoms with van der Waals surface area (Å²) < 4.78 is 6.11. The average Bonchev–Trinajstić information content (AvgIpc) is 2.72. The van der Waals surface area contributed by atoms with Gasteiger partial charge in [-0.3, -0.25) is 0 Å². The highest BCUT2D eigenvalue weighted by Gasteiger charge is 2.05. The Labute approximate surface area is 99.8 Å². The highest BCUT2D eigenvalue weighted by atomic mass is 79.9. The number of hydrogen-bond acceptors (Lipinski definition) is 5. The molecule has 0 radical (unpaired) electrons. The van der Waals surface area contributed by atoms with Crippen molar-refractivity contribution < 1.29 is 4.52 Å². The van der Waals surface area contributed by atoms with Crippen molar-refractivity contribution in [1.82, 2.24) is 10.1 Å². The van der Waals surface area contributed by atoms with Crippen molar-refractivity contribution in [3.8, 4) is 0 Å². The Hall–Kier alpha value is -0.880. The normalized spacial score (nSPS) is 10.6. The molecule has 2 aromatic rings. The van der Waals surface area contributed by atoms with Crippen molar-refractivity contribution in [1.29, 1.82) is 0 Å². The van der Waals surface area contributed by atoms with E-state index in [0.29, 0.717) is 18.4 Å². The van der Waals surface area contributed by atoms with Crippen molar-refractivity contribution in [2.45, 2.75) is 20.4 Å². The summed E-state index contributed by atoms with van der Waals surface area (Å²) in [5, 5.41) is 6.77. The van der Waals surface area contributed by atoms with Gasteiger partial charge >= 0.3 is 6.01 Å². The molecule has 0 aromatic carbocycles. The number of aromatic nitrogens is 2. The number of rotatable bonds is 3. The first-order chi connectivity index (χ1) is 7.15. The first kappa shape index (κ1) is 10.6. The van der Waals surface area contributed by atoms with Crippen LogP contribution in [0.5, 0.6) is 0 Å². The van der Waals surface area contributed by atoms with Crippen LogP contribution < -0.4 is 5.32 Å². The van der Waals surface area contributed by atoms with Crippen molar-refractivity contribution >= 4 is 33.3 Å². The van der Waals surface area contributed by atoms with Crippen LogP contribution in [0.15, 0.2) is 14.4 Å². The Morgan fingerprint density at radius 2 is 2.33 bits per heavy atom. The Balaban J connectivity index is 1.99. The first-order valence-electron chi connectivity index (χ1n) is 4.44. The van der Waals surface area contributed by atoms with Crippen LogP contribution in [0.3, 0.4) is 0 Å². The van der Waals surface area contributed by atoms with E-state index in [4.69, 9.17) is 4.52 Å². The Morgan fingerprint density at radius 3 is 2.87 bits per heavy atom. The molecule has 0 saturated carbocycles. The van der Waals surface area contributed by atoms with Gasteiger partial charge in [0.1, 0.15) is 0 Å². The Bertz CT molecular complexity index is 446. The lowest BCUT2D eigenvalue weighted by molar-refractivity contribution is 0.425. The molecule has 0 fully saturated rings. The fraction of sp³-hybridized carbons (Fsp3) is 0.333. The van der Waals surface area contributed by atoms with Crippen LogP contribution in [0.4, 0.5) is 6.01 Å². The van der Waals surface area contributed by atoms with E-state index < -0.39 is 0 Å². The van der Waals surface area contributed by atoms with Gasteiger partial charge in [0, 0.05) is 4.88 Å². The molecule has 0 spiro atoms. The molecule has 0 bridgehead atoms. The van der Waals surface area contributed by atoms with E-state index >= 15 is 0 Å². The summed E-state index contributed by atoms with van der Waals surface area (Å²) >= 11 is 5.19. The molecule has 0 saturated heterocycles. The van der Waals surface area contributed by atoms with E-state index in [1.807, 2.05) is 0 Å². The Kier molecular flexibility index (Phi) is 3.06. The largest absolute Gasteiger partial charge is 0.333 e. The number of nitrogens with zero attached hydrogens (tertiary/aromatic N) is 2. The number of nitrogens with one attached hydrogen (secondary N) is 1. The van der Waals surface area contributed by atoms with Gasteiger partial charge in [-0.05, 0) is 41.4 Å². The van der Waals surface area contributed by atoms with Crippen LogP contribution in [0.2, 0.25) is 0 Å². The van der Waals surface area contributed by atoms with Crippen LogP contribution in [-0.4, -0.2) is 10.1 Å². The third kappa shape index (κ3) is 2.57. The summed E-state index contributed by atoms with van der Waals surface area (Å²) in [6.07, 6.45) is 0. The van der Waals surface area contributed by atoms with Crippen LogP contribution in [0.1, 0.15) is 16.3 Å².